The first-order chi connectivity index (χ1) is 11.7. The third kappa shape index (κ3) is 2.63. The molecule has 0 atom stereocenters. The van der Waals surface area contributed by atoms with E-state index in [1.807, 2.05) is 11.4 Å². The van der Waals surface area contributed by atoms with E-state index >= 15 is 0 Å². The standard InChI is InChI=1S/C16H10FN5OS/c17-11-5-3-10(4-6-11)13(23)14-19-12-2-1-8-22(12)15(20-14)21-16-18-7-9-24-16/h1-9H,(H,18,19,20,21). The van der Waals surface area contributed by atoms with Gasteiger partial charge in [-0.2, -0.15) is 4.98 Å². The second kappa shape index (κ2) is 5.82. The Labute approximate surface area is 139 Å². The zero-order valence-corrected chi connectivity index (χ0v) is 13.0. The summed E-state index contributed by atoms with van der Waals surface area (Å²) in [7, 11) is 0. The molecule has 1 N–H and O–H groups in total. The summed E-state index contributed by atoms with van der Waals surface area (Å²) in [6.45, 7) is 0. The van der Waals surface area contributed by atoms with Crippen LogP contribution in [0.1, 0.15) is 16.2 Å². The van der Waals surface area contributed by atoms with Crippen LogP contribution < -0.4 is 5.32 Å². The topological polar surface area (TPSA) is 72.2 Å². The molecule has 0 saturated heterocycles. The van der Waals surface area contributed by atoms with Crippen molar-refractivity contribution >= 4 is 33.8 Å². The van der Waals surface area contributed by atoms with Gasteiger partial charge in [-0.1, -0.05) is 0 Å². The Kier molecular flexibility index (Phi) is 3.51. The van der Waals surface area contributed by atoms with Crippen LogP contribution >= 0.6 is 11.3 Å². The number of halogens is 1. The molecule has 6 nitrogen and oxygen atoms in total. The fraction of sp³-hybridized carbons (Fsp3) is 0. The van der Waals surface area contributed by atoms with Crippen molar-refractivity contribution in [1.29, 1.82) is 0 Å². The maximum atomic E-state index is 13.0. The molecule has 24 heavy (non-hydrogen) atoms. The Bertz CT molecular complexity index is 1010. The van der Waals surface area contributed by atoms with Gasteiger partial charge in [-0.15, -0.1) is 11.3 Å². The van der Waals surface area contributed by atoms with Crippen LogP contribution in [0.15, 0.2) is 54.2 Å². The van der Waals surface area contributed by atoms with Gasteiger partial charge in [0.25, 0.3) is 0 Å². The van der Waals surface area contributed by atoms with Crippen molar-refractivity contribution in [2.45, 2.75) is 0 Å². The zero-order valence-electron chi connectivity index (χ0n) is 12.2. The first kappa shape index (κ1) is 14.5. The lowest BCUT2D eigenvalue weighted by atomic mass is 10.1. The summed E-state index contributed by atoms with van der Waals surface area (Å²) >= 11 is 1.42. The molecule has 0 aliphatic heterocycles. The van der Waals surface area contributed by atoms with Gasteiger partial charge in [0.1, 0.15) is 11.5 Å². The Morgan fingerprint density at radius 1 is 1.17 bits per heavy atom. The predicted molar refractivity (Wildman–Crippen MR) is 88.2 cm³/mol. The second-order valence-electron chi connectivity index (χ2n) is 4.91. The number of ketones is 1. The quantitative estimate of drug-likeness (QED) is 0.578. The lowest BCUT2D eigenvalue weighted by Crippen LogP contribution is -2.12. The molecule has 0 radical (unpaired) electrons. The van der Waals surface area contributed by atoms with Gasteiger partial charge in [0.05, 0.1) is 0 Å². The third-order valence-corrected chi connectivity index (χ3v) is 4.04. The van der Waals surface area contributed by atoms with E-state index < -0.39 is 5.82 Å². The van der Waals surface area contributed by atoms with Crippen molar-refractivity contribution in [2.24, 2.45) is 0 Å². The number of carbonyl (C=O) groups is 1. The highest BCUT2D eigenvalue weighted by Gasteiger charge is 2.16. The van der Waals surface area contributed by atoms with Crippen molar-refractivity contribution in [3.63, 3.8) is 0 Å². The van der Waals surface area contributed by atoms with Crippen LogP contribution in [0.25, 0.3) is 5.65 Å². The van der Waals surface area contributed by atoms with Crippen LogP contribution in [0.5, 0.6) is 0 Å². The fourth-order valence-corrected chi connectivity index (χ4v) is 2.75. The molecule has 0 aliphatic carbocycles. The molecular weight excluding hydrogens is 329 g/mol. The molecule has 118 valence electrons. The Morgan fingerprint density at radius 2 is 2.00 bits per heavy atom. The van der Waals surface area contributed by atoms with Crippen molar-refractivity contribution in [1.82, 2.24) is 19.4 Å². The molecule has 8 heteroatoms. The summed E-state index contributed by atoms with van der Waals surface area (Å²) in [5.41, 5.74) is 0.905. The van der Waals surface area contributed by atoms with Crippen LogP contribution in [0.4, 0.5) is 15.5 Å². The minimum atomic E-state index is -0.402. The number of nitrogens with one attached hydrogen (secondary N) is 1. The number of benzene rings is 1. The number of fused-ring (bicyclic) bond motifs is 1. The SMILES string of the molecule is O=C(c1ccc(F)cc1)c1nc(Nc2nccs2)n2cccc2n1. The fourth-order valence-electron chi connectivity index (χ4n) is 2.23. The molecule has 1 aromatic carbocycles. The molecular formula is C16H10FN5OS. The lowest BCUT2D eigenvalue weighted by molar-refractivity contribution is 0.102. The Morgan fingerprint density at radius 3 is 2.75 bits per heavy atom. The lowest BCUT2D eigenvalue weighted by Gasteiger charge is -2.08. The monoisotopic (exact) mass is 339 g/mol. The van der Waals surface area contributed by atoms with Gasteiger partial charge >= 0.3 is 0 Å². The predicted octanol–water partition coefficient (Wildman–Crippen LogP) is 3.30. The molecule has 0 amide bonds. The molecule has 0 saturated carbocycles. The maximum Gasteiger partial charge on any atom is 0.230 e. The van der Waals surface area contributed by atoms with E-state index in [0.717, 1.165) is 0 Å². The van der Waals surface area contributed by atoms with E-state index in [1.54, 1.807) is 22.9 Å². The van der Waals surface area contributed by atoms with Gasteiger partial charge in [-0.05, 0) is 36.4 Å². The van der Waals surface area contributed by atoms with Gasteiger partial charge in [0, 0.05) is 23.3 Å². The number of thiazole rings is 1. The number of anilines is 2. The minimum absolute atomic E-state index is 0.0341. The molecule has 0 bridgehead atoms. The molecule has 4 rings (SSSR count). The number of aromatic nitrogens is 4. The highest BCUT2D eigenvalue weighted by Crippen LogP contribution is 2.19. The summed E-state index contributed by atoms with van der Waals surface area (Å²) in [4.78, 5) is 25.3. The van der Waals surface area contributed by atoms with E-state index in [9.17, 15) is 9.18 Å². The number of carbonyl (C=O) groups excluding carboxylic acids is 1. The van der Waals surface area contributed by atoms with Crippen LogP contribution in [-0.2, 0) is 0 Å². The average molecular weight is 339 g/mol. The highest BCUT2D eigenvalue weighted by molar-refractivity contribution is 7.13. The van der Waals surface area contributed by atoms with Gasteiger partial charge in [0.15, 0.2) is 5.13 Å². The largest absolute Gasteiger partial charge is 0.301 e. The highest BCUT2D eigenvalue weighted by atomic mass is 32.1. The molecule has 3 aromatic heterocycles. The van der Waals surface area contributed by atoms with Crippen LogP contribution in [0, 0.1) is 5.82 Å². The van der Waals surface area contributed by atoms with E-state index in [0.29, 0.717) is 22.3 Å². The number of rotatable bonds is 4. The van der Waals surface area contributed by atoms with Crippen molar-refractivity contribution in [3.8, 4) is 0 Å². The first-order valence-corrected chi connectivity index (χ1v) is 7.90. The molecule has 0 aliphatic rings. The van der Waals surface area contributed by atoms with E-state index in [-0.39, 0.29) is 11.6 Å². The first-order valence-electron chi connectivity index (χ1n) is 7.02. The Hall–Kier alpha value is -3.13. The smallest absolute Gasteiger partial charge is 0.230 e. The van der Waals surface area contributed by atoms with Crippen LogP contribution in [-0.4, -0.2) is 25.1 Å². The van der Waals surface area contributed by atoms with Gasteiger partial charge in [-0.3, -0.25) is 9.20 Å². The maximum absolute atomic E-state index is 13.0. The summed E-state index contributed by atoms with van der Waals surface area (Å²) in [6, 6.07) is 8.88. The van der Waals surface area contributed by atoms with E-state index in [4.69, 9.17) is 0 Å². The molecule has 0 unspecified atom stereocenters. The van der Waals surface area contributed by atoms with Gasteiger partial charge in [0.2, 0.25) is 17.6 Å². The third-order valence-electron chi connectivity index (χ3n) is 3.35. The summed E-state index contributed by atoms with van der Waals surface area (Å²) in [6.07, 6.45) is 3.46. The normalized spacial score (nSPS) is 10.9. The second-order valence-corrected chi connectivity index (χ2v) is 5.80. The molecule has 0 fully saturated rings. The van der Waals surface area contributed by atoms with Gasteiger partial charge in [-0.25, -0.2) is 14.4 Å². The molecule has 4 aromatic rings. The summed E-state index contributed by atoms with van der Waals surface area (Å²) in [5, 5.41) is 5.57. The van der Waals surface area contributed by atoms with E-state index in [2.05, 4.69) is 20.3 Å². The summed E-state index contributed by atoms with van der Waals surface area (Å²) in [5.74, 6) is -0.307. The number of hydrogen-bond donors (Lipinski definition) is 1. The average Bonchev–Trinajstić information content (AvgIpc) is 3.26. The number of hydrogen-bond acceptors (Lipinski definition) is 6. The zero-order chi connectivity index (χ0) is 16.5. The van der Waals surface area contributed by atoms with Crippen LogP contribution in [0.3, 0.4) is 0 Å². The molecule has 0 spiro atoms. The van der Waals surface area contributed by atoms with Crippen molar-refractivity contribution < 1.29 is 9.18 Å². The minimum Gasteiger partial charge on any atom is -0.301 e. The molecule has 3 heterocycles. The van der Waals surface area contributed by atoms with Crippen LogP contribution in [0.2, 0.25) is 0 Å². The van der Waals surface area contributed by atoms with Gasteiger partial charge < -0.3 is 5.32 Å². The number of nitrogens with zero attached hydrogens (tertiary/aromatic N) is 4. The van der Waals surface area contributed by atoms with E-state index in [1.165, 1.54) is 35.6 Å². The summed E-state index contributed by atoms with van der Waals surface area (Å²) < 4.78 is 14.8. The van der Waals surface area contributed by atoms with Crippen molar-refractivity contribution in [2.75, 3.05) is 5.32 Å². The Balaban J connectivity index is 1.78. The van der Waals surface area contributed by atoms with Crippen molar-refractivity contribution in [3.05, 3.63) is 71.4 Å².